The molecule has 3 rings (SSSR count). The first-order valence-corrected chi connectivity index (χ1v) is 8.02. The van der Waals surface area contributed by atoms with Crippen molar-refractivity contribution in [3.8, 4) is 0 Å². The molecule has 2 nitrogen and oxygen atoms in total. The topological polar surface area (TPSA) is 20.3 Å². The van der Waals surface area contributed by atoms with E-state index in [1.165, 1.54) is 0 Å². The van der Waals surface area contributed by atoms with Gasteiger partial charge < -0.3 is 0 Å². The van der Waals surface area contributed by atoms with Gasteiger partial charge in [0.15, 0.2) is 0 Å². The van der Waals surface area contributed by atoms with Gasteiger partial charge in [0, 0.05) is 16.8 Å². The summed E-state index contributed by atoms with van der Waals surface area (Å²) in [4.78, 5) is 14.2. The average Bonchev–Trinajstić information content (AvgIpc) is 2.64. The first-order chi connectivity index (χ1) is 8.65. The molecule has 4 heteroatoms. The van der Waals surface area contributed by atoms with E-state index < -0.39 is 9.43 Å². The Kier molecular flexibility index (Phi) is 2.61. The zero-order valence-electron chi connectivity index (χ0n) is 9.84. The molecule has 1 aliphatic rings. The van der Waals surface area contributed by atoms with Gasteiger partial charge in [0.1, 0.15) is 0 Å². The fourth-order valence-corrected chi connectivity index (χ4v) is 5.51. The molecule has 0 aromatic heterocycles. The van der Waals surface area contributed by atoms with Crippen molar-refractivity contribution in [2.24, 2.45) is 0 Å². The van der Waals surface area contributed by atoms with Gasteiger partial charge in [0.2, 0.25) is 0 Å². The number of amides is 1. The SMILES string of the molecule is CN1C(=O)c2ccccc2S1(Cl)c1ccccc1. The van der Waals surface area contributed by atoms with Crippen LogP contribution in [-0.2, 0) is 0 Å². The van der Waals surface area contributed by atoms with Gasteiger partial charge in [0.05, 0.1) is 5.56 Å². The normalized spacial score (nSPS) is 25.7. The van der Waals surface area contributed by atoms with Gasteiger partial charge >= 0.3 is 0 Å². The Morgan fingerprint density at radius 1 is 1.00 bits per heavy atom. The second kappa shape index (κ2) is 4.04. The Balaban J connectivity index is 2.27. The summed E-state index contributed by atoms with van der Waals surface area (Å²) in [6.07, 6.45) is 0. The zero-order valence-corrected chi connectivity index (χ0v) is 11.4. The molecule has 0 spiro atoms. The third-order valence-electron chi connectivity index (χ3n) is 3.13. The molecule has 92 valence electrons. The minimum atomic E-state index is -1.91. The Labute approximate surface area is 112 Å². The number of nitrogens with zero attached hydrogens (tertiary/aromatic N) is 1. The number of benzene rings is 2. The number of halogens is 1. The fraction of sp³-hybridized carbons (Fsp3) is 0.0714. The highest BCUT2D eigenvalue weighted by molar-refractivity contribution is 8.50. The first kappa shape index (κ1) is 11.6. The highest BCUT2D eigenvalue weighted by atomic mass is 35.7. The van der Waals surface area contributed by atoms with Crippen molar-refractivity contribution in [1.29, 1.82) is 0 Å². The largest absolute Gasteiger partial charge is 0.284 e. The number of hydrogen-bond acceptors (Lipinski definition) is 1. The van der Waals surface area contributed by atoms with Crippen LogP contribution in [0.3, 0.4) is 0 Å². The van der Waals surface area contributed by atoms with E-state index in [0.29, 0.717) is 5.56 Å². The summed E-state index contributed by atoms with van der Waals surface area (Å²) >= 11 is 0. The lowest BCUT2D eigenvalue weighted by Crippen LogP contribution is -2.20. The van der Waals surface area contributed by atoms with E-state index >= 15 is 0 Å². The zero-order chi connectivity index (χ0) is 12.8. The summed E-state index contributed by atoms with van der Waals surface area (Å²) in [6.45, 7) is 0. The molecular formula is C14H12ClNOS. The Morgan fingerprint density at radius 3 is 2.33 bits per heavy atom. The lowest BCUT2D eigenvalue weighted by molar-refractivity contribution is 0.0896. The molecule has 2 aromatic rings. The summed E-state index contributed by atoms with van der Waals surface area (Å²) in [5.74, 6) is -0.000506. The predicted molar refractivity (Wildman–Crippen MR) is 75.0 cm³/mol. The monoisotopic (exact) mass is 277 g/mol. The predicted octanol–water partition coefficient (Wildman–Crippen LogP) is 4.06. The first-order valence-electron chi connectivity index (χ1n) is 5.61. The van der Waals surface area contributed by atoms with Gasteiger partial charge in [-0.05, 0) is 44.4 Å². The molecule has 0 fully saturated rings. The number of fused-ring (bicyclic) bond motifs is 1. The van der Waals surface area contributed by atoms with Gasteiger partial charge in [-0.1, -0.05) is 30.3 Å². The van der Waals surface area contributed by atoms with Crippen molar-refractivity contribution >= 4 is 26.0 Å². The van der Waals surface area contributed by atoms with Gasteiger partial charge in [-0.3, -0.25) is 9.10 Å². The second-order valence-electron chi connectivity index (χ2n) is 4.12. The van der Waals surface area contributed by atoms with Crippen molar-refractivity contribution < 1.29 is 4.79 Å². The van der Waals surface area contributed by atoms with Crippen molar-refractivity contribution in [2.45, 2.75) is 9.79 Å². The third kappa shape index (κ3) is 1.41. The molecule has 0 N–H and O–H groups in total. The van der Waals surface area contributed by atoms with E-state index in [0.717, 1.165) is 9.79 Å². The van der Waals surface area contributed by atoms with Gasteiger partial charge in [0.25, 0.3) is 5.91 Å². The maximum atomic E-state index is 12.2. The van der Waals surface area contributed by atoms with Crippen LogP contribution in [-0.4, -0.2) is 17.3 Å². The lowest BCUT2D eigenvalue weighted by atomic mass is 10.2. The number of rotatable bonds is 1. The van der Waals surface area contributed by atoms with Crippen LogP contribution in [0.5, 0.6) is 0 Å². The number of carbonyl (C=O) groups is 1. The maximum absolute atomic E-state index is 12.2. The summed E-state index contributed by atoms with van der Waals surface area (Å²) in [7, 11) is 6.72. The lowest BCUT2D eigenvalue weighted by Gasteiger charge is -2.35. The molecule has 0 aliphatic carbocycles. The molecule has 0 saturated carbocycles. The van der Waals surface area contributed by atoms with Crippen molar-refractivity contribution in [3.05, 3.63) is 60.2 Å². The average molecular weight is 278 g/mol. The van der Waals surface area contributed by atoms with Gasteiger partial charge in [-0.25, -0.2) is 0 Å². The van der Waals surface area contributed by atoms with E-state index in [4.69, 9.17) is 10.7 Å². The van der Waals surface area contributed by atoms with E-state index in [1.54, 1.807) is 11.4 Å². The summed E-state index contributed by atoms with van der Waals surface area (Å²) < 4.78 is 1.68. The van der Waals surface area contributed by atoms with E-state index in [9.17, 15) is 4.79 Å². The molecule has 0 saturated heterocycles. The number of carbonyl (C=O) groups excluding carboxylic acids is 1. The third-order valence-corrected chi connectivity index (χ3v) is 7.54. The molecule has 1 amide bonds. The molecule has 1 heterocycles. The van der Waals surface area contributed by atoms with Crippen LogP contribution in [0.1, 0.15) is 10.4 Å². The van der Waals surface area contributed by atoms with Gasteiger partial charge in [-0.2, -0.15) is 0 Å². The van der Waals surface area contributed by atoms with Gasteiger partial charge in [-0.15, -0.1) is 0 Å². The van der Waals surface area contributed by atoms with Crippen molar-refractivity contribution in [2.75, 3.05) is 7.05 Å². The number of hydrogen-bond donors (Lipinski definition) is 0. The summed E-state index contributed by atoms with van der Waals surface area (Å²) in [5.41, 5.74) is 0.717. The minimum absolute atomic E-state index is 0.000506. The molecule has 1 aliphatic heterocycles. The van der Waals surface area contributed by atoms with Crippen molar-refractivity contribution in [1.82, 2.24) is 4.31 Å². The Bertz CT molecular complexity index is 616. The van der Waals surface area contributed by atoms with Crippen LogP contribution >= 0.6 is 20.1 Å². The molecule has 2 aromatic carbocycles. The summed E-state index contributed by atoms with van der Waals surface area (Å²) in [6, 6.07) is 17.4. The summed E-state index contributed by atoms with van der Waals surface area (Å²) in [5, 5.41) is 0. The maximum Gasteiger partial charge on any atom is 0.264 e. The second-order valence-corrected chi connectivity index (χ2v) is 7.93. The van der Waals surface area contributed by atoms with Crippen LogP contribution in [0.4, 0.5) is 0 Å². The highest BCUT2D eigenvalue weighted by Crippen LogP contribution is 2.72. The smallest absolute Gasteiger partial charge is 0.264 e. The standard InChI is InChI=1S/C14H12ClNOS/c1-16-14(17)12-9-5-6-10-13(12)18(16,15)11-7-3-2-4-8-11/h2-10H,1H3. The minimum Gasteiger partial charge on any atom is -0.284 e. The Morgan fingerprint density at radius 2 is 1.61 bits per heavy atom. The fourth-order valence-electron chi connectivity index (χ4n) is 2.20. The van der Waals surface area contributed by atoms with E-state index in [1.807, 2.05) is 54.6 Å². The molecule has 0 radical (unpaired) electrons. The van der Waals surface area contributed by atoms with Crippen LogP contribution in [0.25, 0.3) is 0 Å². The quantitative estimate of drug-likeness (QED) is 0.770. The molecule has 0 bridgehead atoms. The highest BCUT2D eigenvalue weighted by Gasteiger charge is 2.43. The Hall–Kier alpha value is -1.45. The van der Waals surface area contributed by atoms with Crippen LogP contribution in [0, 0.1) is 0 Å². The van der Waals surface area contributed by atoms with E-state index in [-0.39, 0.29) is 5.91 Å². The molecule has 18 heavy (non-hydrogen) atoms. The van der Waals surface area contributed by atoms with Crippen LogP contribution in [0.15, 0.2) is 64.4 Å². The van der Waals surface area contributed by atoms with Crippen LogP contribution in [0.2, 0.25) is 0 Å². The van der Waals surface area contributed by atoms with Crippen LogP contribution < -0.4 is 0 Å². The molecule has 1 atom stereocenters. The van der Waals surface area contributed by atoms with Crippen molar-refractivity contribution in [3.63, 3.8) is 0 Å². The molecular weight excluding hydrogens is 266 g/mol. The van der Waals surface area contributed by atoms with E-state index in [2.05, 4.69) is 0 Å². The molecule has 1 unspecified atom stereocenters.